The predicted octanol–water partition coefficient (Wildman–Crippen LogP) is 1.61. The van der Waals surface area contributed by atoms with Crippen LogP contribution in [-0.2, 0) is 11.3 Å². The average molecular weight is 272 g/mol. The molecule has 1 aromatic carbocycles. The number of aromatic nitrogens is 2. The van der Waals surface area contributed by atoms with Crippen molar-refractivity contribution in [2.45, 2.75) is 20.4 Å². The molecular weight excluding hydrogens is 256 g/mol. The van der Waals surface area contributed by atoms with E-state index in [9.17, 15) is 9.59 Å². The molecule has 20 heavy (non-hydrogen) atoms. The van der Waals surface area contributed by atoms with Crippen LogP contribution in [0.2, 0.25) is 0 Å². The SMILES string of the molecule is CC(=O)NCc1ccc(C(=O)Nc2[nH]ncc2C)cc1. The van der Waals surface area contributed by atoms with E-state index in [1.165, 1.54) is 6.92 Å². The van der Waals surface area contributed by atoms with Crippen LogP contribution in [0.25, 0.3) is 0 Å². The second kappa shape index (κ2) is 6.01. The number of hydrogen-bond acceptors (Lipinski definition) is 3. The first-order valence-electron chi connectivity index (χ1n) is 6.21. The Morgan fingerprint density at radius 3 is 2.50 bits per heavy atom. The molecule has 1 aromatic heterocycles. The van der Waals surface area contributed by atoms with Crippen molar-refractivity contribution in [3.63, 3.8) is 0 Å². The summed E-state index contributed by atoms with van der Waals surface area (Å²) in [6, 6.07) is 7.06. The van der Waals surface area contributed by atoms with Gasteiger partial charge in [-0.3, -0.25) is 14.7 Å². The van der Waals surface area contributed by atoms with Crippen LogP contribution in [0, 0.1) is 6.92 Å². The quantitative estimate of drug-likeness (QED) is 0.790. The molecule has 0 spiro atoms. The van der Waals surface area contributed by atoms with Gasteiger partial charge in [0.15, 0.2) is 0 Å². The monoisotopic (exact) mass is 272 g/mol. The first kappa shape index (κ1) is 13.8. The van der Waals surface area contributed by atoms with Crippen molar-refractivity contribution in [3.05, 3.63) is 47.2 Å². The summed E-state index contributed by atoms with van der Waals surface area (Å²) in [5.74, 6) is 0.308. The molecule has 0 saturated heterocycles. The number of benzene rings is 1. The third kappa shape index (κ3) is 3.44. The average Bonchev–Trinajstić information content (AvgIpc) is 2.82. The first-order valence-corrected chi connectivity index (χ1v) is 6.21. The van der Waals surface area contributed by atoms with Crippen LogP contribution in [0.3, 0.4) is 0 Å². The van der Waals surface area contributed by atoms with Gasteiger partial charge in [0.05, 0.1) is 6.20 Å². The Morgan fingerprint density at radius 1 is 1.25 bits per heavy atom. The van der Waals surface area contributed by atoms with Crippen molar-refractivity contribution in [2.75, 3.05) is 5.32 Å². The third-order valence-electron chi connectivity index (χ3n) is 2.83. The predicted molar refractivity (Wildman–Crippen MR) is 75.2 cm³/mol. The third-order valence-corrected chi connectivity index (χ3v) is 2.83. The van der Waals surface area contributed by atoms with E-state index in [0.717, 1.165) is 11.1 Å². The van der Waals surface area contributed by atoms with Crippen LogP contribution in [-0.4, -0.2) is 22.0 Å². The second-order valence-electron chi connectivity index (χ2n) is 4.49. The van der Waals surface area contributed by atoms with Crippen LogP contribution in [0.5, 0.6) is 0 Å². The standard InChI is InChI=1S/C14H16N4O2/c1-9-7-16-18-13(9)17-14(20)12-5-3-11(4-6-12)8-15-10(2)19/h3-7H,8H2,1-2H3,(H,15,19)(H2,16,17,18,20). The van der Waals surface area contributed by atoms with Gasteiger partial charge in [0.2, 0.25) is 5.91 Å². The highest BCUT2D eigenvalue weighted by Crippen LogP contribution is 2.11. The molecule has 0 aliphatic carbocycles. The Bertz CT molecular complexity index is 616. The Kier molecular flexibility index (Phi) is 4.14. The maximum Gasteiger partial charge on any atom is 0.256 e. The van der Waals surface area contributed by atoms with Crippen molar-refractivity contribution in [3.8, 4) is 0 Å². The lowest BCUT2D eigenvalue weighted by molar-refractivity contribution is -0.119. The number of anilines is 1. The summed E-state index contributed by atoms with van der Waals surface area (Å²) in [5.41, 5.74) is 2.36. The molecule has 3 N–H and O–H groups in total. The fourth-order valence-corrected chi connectivity index (χ4v) is 1.66. The maximum absolute atomic E-state index is 12.0. The van der Waals surface area contributed by atoms with Gasteiger partial charge in [-0.05, 0) is 24.6 Å². The molecule has 104 valence electrons. The van der Waals surface area contributed by atoms with E-state index in [2.05, 4.69) is 20.8 Å². The summed E-state index contributed by atoms with van der Waals surface area (Å²) < 4.78 is 0. The molecular formula is C14H16N4O2. The van der Waals surface area contributed by atoms with Crippen LogP contribution in [0.15, 0.2) is 30.5 Å². The number of carbonyl (C=O) groups is 2. The highest BCUT2D eigenvalue weighted by atomic mass is 16.2. The van der Waals surface area contributed by atoms with Gasteiger partial charge < -0.3 is 10.6 Å². The minimum atomic E-state index is -0.205. The molecule has 0 atom stereocenters. The lowest BCUT2D eigenvalue weighted by atomic mass is 10.1. The lowest BCUT2D eigenvalue weighted by Crippen LogP contribution is -2.19. The minimum Gasteiger partial charge on any atom is -0.352 e. The van der Waals surface area contributed by atoms with Gasteiger partial charge >= 0.3 is 0 Å². The van der Waals surface area contributed by atoms with Gasteiger partial charge in [0.25, 0.3) is 5.91 Å². The molecule has 0 saturated carbocycles. The number of H-pyrrole nitrogens is 1. The summed E-state index contributed by atoms with van der Waals surface area (Å²) in [4.78, 5) is 22.8. The molecule has 0 bridgehead atoms. The number of amides is 2. The van der Waals surface area contributed by atoms with Gasteiger partial charge in [-0.25, -0.2) is 0 Å². The van der Waals surface area contributed by atoms with Crippen molar-refractivity contribution in [1.29, 1.82) is 0 Å². The molecule has 0 fully saturated rings. The summed E-state index contributed by atoms with van der Waals surface area (Å²) in [6.07, 6.45) is 1.64. The lowest BCUT2D eigenvalue weighted by Gasteiger charge is -2.06. The highest BCUT2D eigenvalue weighted by molar-refractivity contribution is 6.04. The molecule has 0 unspecified atom stereocenters. The highest BCUT2D eigenvalue weighted by Gasteiger charge is 2.08. The van der Waals surface area contributed by atoms with Crippen LogP contribution in [0.4, 0.5) is 5.82 Å². The summed E-state index contributed by atoms with van der Waals surface area (Å²) in [5, 5.41) is 12.0. The summed E-state index contributed by atoms with van der Waals surface area (Å²) >= 11 is 0. The summed E-state index contributed by atoms with van der Waals surface area (Å²) in [6.45, 7) is 3.78. The normalized spacial score (nSPS) is 10.1. The van der Waals surface area contributed by atoms with Crippen LogP contribution >= 0.6 is 0 Å². The van der Waals surface area contributed by atoms with Crippen molar-refractivity contribution in [1.82, 2.24) is 15.5 Å². The van der Waals surface area contributed by atoms with E-state index in [4.69, 9.17) is 0 Å². The Hall–Kier alpha value is -2.63. The zero-order chi connectivity index (χ0) is 14.5. The molecule has 6 heteroatoms. The molecule has 2 rings (SSSR count). The largest absolute Gasteiger partial charge is 0.352 e. The fraction of sp³-hybridized carbons (Fsp3) is 0.214. The molecule has 6 nitrogen and oxygen atoms in total. The Labute approximate surface area is 116 Å². The number of aryl methyl sites for hydroxylation is 1. The van der Waals surface area contributed by atoms with E-state index in [-0.39, 0.29) is 11.8 Å². The van der Waals surface area contributed by atoms with E-state index >= 15 is 0 Å². The molecule has 0 aliphatic heterocycles. The van der Waals surface area contributed by atoms with E-state index in [1.807, 2.05) is 19.1 Å². The van der Waals surface area contributed by atoms with Crippen molar-refractivity contribution in [2.24, 2.45) is 0 Å². The smallest absolute Gasteiger partial charge is 0.256 e. The van der Waals surface area contributed by atoms with Gasteiger partial charge in [-0.1, -0.05) is 12.1 Å². The van der Waals surface area contributed by atoms with Crippen molar-refractivity contribution >= 4 is 17.6 Å². The number of nitrogens with zero attached hydrogens (tertiary/aromatic N) is 1. The minimum absolute atomic E-state index is 0.0819. The molecule has 1 heterocycles. The number of aromatic amines is 1. The Morgan fingerprint density at radius 2 is 1.95 bits per heavy atom. The van der Waals surface area contributed by atoms with E-state index < -0.39 is 0 Å². The topological polar surface area (TPSA) is 86.9 Å². The second-order valence-corrected chi connectivity index (χ2v) is 4.49. The van der Waals surface area contributed by atoms with Crippen LogP contribution in [0.1, 0.15) is 28.4 Å². The molecule has 0 radical (unpaired) electrons. The first-order chi connectivity index (χ1) is 9.56. The van der Waals surface area contributed by atoms with Gasteiger partial charge in [0.1, 0.15) is 5.82 Å². The number of hydrogen-bond donors (Lipinski definition) is 3. The zero-order valence-corrected chi connectivity index (χ0v) is 11.4. The van der Waals surface area contributed by atoms with Gasteiger partial charge in [-0.15, -0.1) is 0 Å². The van der Waals surface area contributed by atoms with Crippen LogP contribution < -0.4 is 10.6 Å². The number of rotatable bonds is 4. The van der Waals surface area contributed by atoms with Gasteiger partial charge in [0, 0.05) is 24.6 Å². The maximum atomic E-state index is 12.0. The number of carbonyl (C=O) groups excluding carboxylic acids is 2. The van der Waals surface area contributed by atoms with Gasteiger partial charge in [-0.2, -0.15) is 5.10 Å². The molecule has 2 aromatic rings. The number of nitrogens with one attached hydrogen (secondary N) is 3. The van der Waals surface area contributed by atoms with E-state index in [1.54, 1.807) is 18.3 Å². The van der Waals surface area contributed by atoms with E-state index in [0.29, 0.717) is 17.9 Å². The zero-order valence-electron chi connectivity index (χ0n) is 11.4. The Balaban J connectivity index is 2.00. The fourth-order valence-electron chi connectivity index (χ4n) is 1.66. The summed E-state index contributed by atoms with van der Waals surface area (Å²) in [7, 11) is 0. The molecule has 2 amide bonds. The molecule has 0 aliphatic rings. The van der Waals surface area contributed by atoms with Crippen molar-refractivity contribution < 1.29 is 9.59 Å².